The maximum absolute atomic E-state index is 12.8. The van der Waals surface area contributed by atoms with E-state index in [0.717, 1.165) is 6.54 Å². The molecule has 0 N–H and O–H groups in total. The van der Waals surface area contributed by atoms with Crippen LogP contribution < -0.4 is 0 Å². The molecule has 0 bridgehead atoms. The number of hydrogen-bond donors (Lipinski definition) is 0. The third-order valence-corrected chi connectivity index (χ3v) is 5.37. The summed E-state index contributed by atoms with van der Waals surface area (Å²) in [7, 11) is 1.81. The molecule has 2 aromatic heterocycles. The summed E-state index contributed by atoms with van der Waals surface area (Å²) >= 11 is 0. The van der Waals surface area contributed by atoms with Crippen molar-refractivity contribution in [2.75, 3.05) is 13.6 Å². The van der Waals surface area contributed by atoms with Gasteiger partial charge < -0.3 is 9.47 Å². The monoisotopic (exact) mass is 387 g/mol. The van der Waals surface area contributed by atoms with Crippen LogP contribution in [0, 0.1) is 13.8 Å². The van der Waals surface area contributed by atoms with E-state index in [9.17, 15) is 4.79 Å². The average Bonchev–Trinajstić information content (AvgIpc) is 3.31. The molecule has 4 aromatic rings. The molecule has 29 heavy (non-hydrogen) atoms. The summed E-state index contributed by atoms with van der Waals surface area (Å²) in [6.07, 6.45) is 1.72. The molecule has 2 heterocycles. The molecule has 0 saturated heterocycles. The summed E-state index contributed by atoms with van der Waals surface area (Å²) in [6, 6.07) is 18.6. The summed E-state index contributed by atoms with van der Waals surface area (Å²) in [6.45, 7) is 6.10. The van der Waals surface area contributed by atoms with Gasteiger partial charge in [0.15, 0.2) is 5.69 Å². The highest BCUT2D eigenvalue weighted by Crippen LogP contribution is 2.19. The van der Waals surface area contributed by atoms with Crippen molar-refractivity contribution >= 4 is 16.8 Å². The Morgan fingerprint density at radius 3 is 2.66 bits per heavy atom. The van der Waals surface area contributed by atoms with Crippen molar-refractivity contribution in [1.29, 1.82) is 0 Å². The molecule has 0 fully saturated rings. The number of benzene rings is 2. The second-order valence-corrected chi connectivity index (χ2v) is 7.45. The average molecular weight is 387 g/mol. The molecule has 0 aliphatic heterocycles. The van der Waals surface area contributed by atoms with E-state index >= 15 is 0 Å². The van der Waals surface area contributed by atoms with E-state index in [-0.39, 0.29) is 5.91 Å². The van der Waals surface area contributed by atoms with Crippen molar-refractivity contribution in [3.63, 3.8) is 0 Å². The molecule has 6 heteroatoms. The maximum Gasteiger partial charge on any atom is 0.275 e. The topological polar surface area (TPSA) is 56.0 Å². The predicted octanol–water partition coefficient (Wildman–Crippen LogP) is 3.67. The quantitative estimate of drug-likeness (QED) is 0.507. The number of likely N-dealkylation sites (N-methyl/N-ethyl adjacent to an activating group) is 1. The van der Waals surface area contributed by atoms with Gasteiger partial charge >= 0.3 is 0 Å². The Bertz CT molecular complexity index is 1160. The molecule has 0 aliphatic carbocycles. The van der Waals surface area contributed by atoms with Gasteiger partial charge in [0.25, 0.3) is 5.91 Å². The highest BCUT2D eigenvalue weighted by Gasteiger charge is 2.16. The van der Waals surface area contributed by atoms with E-state index in [1.165, 1.54) is 27.7 Å². The van der Waals surface area contributed by atoms with Gasteiger partial charge in [-0.3, -0.25) is 4.79 Å². The standard InChI is InChI=1S/C23H25N5O/c1-17-8-4-5-10-20(17)15-27-16-21(24-25-27)23(29)26(3)12-13-28-18(2)14-19-9-6-7-11-22(19)28/h4-11,14,16H,12-13,15H2,1-3H3. The minimum atomic E-state index is -0.116. The van der Waals surface area contributed by atoms with Crippen LogP contribution in [0.5, 0.6) is 0 Å². The summed E-state index contributed by atoms with van der Waals surface area (Å²) in [4.78, 5) is 14.5. The number of amides is 1. The number of carbonyl (C=O) groups excluding carboxylic acids is 1. The van der Waals surface area contributed by atoms with Crippen LogP contribution in [0.25, 0.3) is 10.9 Å². The van der Waals surface area contributed by atoms with Crippen molar-refractivity contribution in [2.45, 2.75) is 26.9 Å². The zero-order valence-electron chi connectivity index (χ0n) is 17.0. The Morgan fingerprint density at radius 2 is 1.83 bits per heavy atom. The third-order valence-electron chi connectivity index (χ3n) is 5.37. The number of rotatable bonds is 6. The molecule has 0 radical (unpaired) electrons. The first-order chi connectivity index (χ1) is 14.0. The molecule has 0 aliphatic rings. The lowest BCUT2D eigenvalue weighted by atomic mass is 10.1. The van der Waals surface area contributed by atoms with Crippen LogP contribution in [0.3, 0.4) is 0 Å². The molecule has 4 rings (SSSR count). The number of nitrogens with zero attached hydrogens (tertiary/aromatic N) is 5. The van der Waals surface area contributed by atoms with Gasteiger partial charge in [0.1, 0.15) is 0 Å². The number of carbonyl (C=O) groups is 1. The van der Waals surface area contributed by atoms with Crippen molar-refractivity contribution in [2.24, 2.45) is 0 Å². The van der Waals surface area contributed by atoms with Crippen molar-refractivity contribution < 1.29 is 4.79 Å². The van der Waals surface area contributed by atoms with Crippen LogP contribution in [-0.4, -0.2) is 44.0 Å². The first-order valence-corrected chi connectivity index (χ1v) is 9.78. The molecule has 0 unspecified atom stereocenters. The minimum Gasteiger partial charge on any atom is -0.343 e. The van der Waals surface area contributed by atoms with Gasteiger partial charge in [0.05, 0.1) is 12.7 Å². The lowest BCUT2D eigenvalue weighted by Gasteiger charge is -2.17. The van der Waals surface area contributed by atoms with Crippen LogP contribution in [0.15, 0.2) is 60.8 Å². The summed E-state index contributed by atoms with van der Waals surface area (Å²) in [5, 5.41) is 9.45. The van der Waals surface area contributed by atoms with Gasteiger partial charge in [-0.1, -0.05) is 47.7 Å². The largest absolute Gasteiger partial charge is 0.343 e. The normalized spacial score (nSPS) is 11.1. The zero-order valence-corrected chi connectivity index (χ0v) is 17.0. The molecule has 6 nitrogen and oxygen atoms in total. The smallest absolute Gasteiger partial charge is 0.275 e. The Hall–Kier alpha value is -3.41. The van der Waals surface area contributed by atoms with E-state index in [1.807, 2.05) is 31.3 Å². The van der Waals surface area contributed by atoms with E-state index in [0.29, 0.717) is 18.8 Å². The first-order valence-electron chi connectivity index (χ1n) is 9.78. The molecule has 0 atom stereocenters. The van der Waals surface area contributed by atoms with E-state index < -0.39 is 0 Å². The van der Waals surface area contributed by atoms with Gasteiger partial charge in [-0.25, -0.2) is 4.68 Å². The van der Waals surface area contributed by atoms with Crippen molar-refractivity contribution in [3.8, 4) is 0 Å². The molecule has 148 valence electrons. The summed E-state index contributed by atoms with van der Waals surface area (Å²) in [5.74, 6) is -0.116. The number of para-hydroxylation sites is 1. The molecular weight excluding hydrogens is 362 g/mol. The van der Waals surface area contributed by atoms with Crippen LogP contribution in [0.2, 0.25) is 0 Å². The van der Waals surface area contributed by atoms with Crippen LogP contribution in [0.4, 0.5) is 0 Å². The third kappa shape index (κ3) is 3.92. The number of hydrogen-bond acceptors (Lipinski definition) is 3. The van der Waals surface area contributed by atoms with Gasteiger partial charge in [-0.05, 0) is 42.5 Å². The Morgan fingerprint density at radius 1 is 1.07 bits per heavy atom. The summed E-state index contributed by atoms with van der Waals surface area (Å²) < 4.78 is 3.96. The lowest BCUT2D eigenvalue weighted by Crippen LogP contribution is -2.30. The highest BCUT2D eigenvalue weighted by atomic mass is 16.2. The number of aromatic nitrogens is 4. The number of fused-ring (bicyclic) bond motifs is 1. The van der Waals surface area contributed by atoms with Gasteiger partial charge in [0, 0.05) is 31.3 Å². The molecule has 1 amide bonds. The van der Waals surface area contributed by atoms with E-state index in [4.69, 9.17) is 0 Å². The molecule has 0 saturated carbocycles. The zero-order chi connectivity index (χ0) is 20.4. The lowest BCUT2D eigenvalue weighted by molar-refractivity contribution is 0.0784. The van der Waals surface area contributed by atoms with E-state index in [2.05, 4.69) is 59.1 Å². The molecular formula is C23H25N5O. The van der Waals surface area contributed by atoms with Crippen molar-refractivity contribution in [3.05, 3.63) is 83.3 Å². The fourth-order valence-corrected chi connectivity index (χ4v) is 3.63. The minimum absolute atomic E-state index is 0.116. The SMILES string of the molecule is Cc1ccccc1Cn1cc(C(=O)N(C)CCn2c(C)cc3ccccc32)nn1. The highest BCUT2D eigenvalue weighted by molar-refractivity contribution is 5.91. The molecule has 2 aromatic carbocycles. The first kappa shape index (κ1) is 18.9. The van der Waals surface area contributed by atoms with Gasteiger partial charge in [-0.15, -0.1) is 5.10 Å². The Labute approximate surface area is 170 Å². The van der Waals surface area contributed by atoms with Crippen LogP contribution in [0.1, 0.15) is 27.3 Å². The van der Waals surface area contributed by atoms with E-state index in [1.54, 1.807) is 15.8 Å². The van der Waals surface area contributed by atoms with Crippen LogP contribution >= 0.6 is 0 Å². The fraction of sp³-hybridized carbons (Fsp3) is 0.261. The Balaban J connectivity index is 1.42. The molecule has 0 spiro atoms. The number of aryl methyl sites for hydroxylation is 2. The van der Waals surface area contributed by atoms with Gasteiger partial charge in [-0.2, -0.15) is 0 Å². The Kier molecular flexibility index (Phi) is 5.16. The maximum atomic E-state index is 12.8. The van der Waals surface area contributed by atoms with Crippen molar-refractivity contribution in [1.82, 2.24) is 24.5 Å². The second-order valence-electron chi connectivity index (χ2n) is 7.45. The van der Waals surface area contributed by atoms with Crippen LogP contribution in [-0.2, 0) is 13.1 Å². The van der Waals surface area contributed by atoms with Gasteiger partial charge in [0.2, 0.25) is 0 Å². The predicted molar refractivity (Wildman–Crippen MR) is 114 cm³/mol. The second kappa shape index (κ2) is 7.91. The summed E-state index contributed by atoms with van der Waals surface area (Å²) in [5.41, 5.74) is 5.11. The fourth-order valence-electron chi connectivity index (χ4n) is 3.63.